The minimum Gasteiger partial charge on any atom is -0.507 e. The van der Waals surface area contributed by atoms with Crippen LogP contribution in [0.5, 0.6) is 0 Å². The first kappa shape index (κ1) is 17.8. The molecule has 0 amide bonds. The fourth-order valence-corrected chi connectivity index (χ4v) is 3.24. The summed E-state index contributed by atoms with van der Waals surface area (Å²) in [4.78, 5) is 0. The van der Waals surface area contributed by atoms with E-state index in [1.807, 2.05) is 37.3 Å². The van der Waals surface area contributed by atoms with E-state index in [-0.39, 0.29) is 5.76 Å². The Kier molecular flexibility index (Phi) is 5.66. The van der Waals surface area contributed by atoms with E-state index in [9.17, 15) is 9.67 Å². The van der Waals surface area contributed by atoms with Crippen molar-refractivity contribution in [3.63, 3.8) is 0 Å². The third-order valence-electron chi connectivity index (χ3n) is 3.45. The van der Waals surface area contributed by atoms with Gasteiger partial charge in [0.1, 0.15) is 5.76 Å². The van der Waals surface area contributed by atoms with Crippen LogP contribution in [0.25, 0.3) is 16.9 Å². The number of aryl methyl sites for hydroxylation is 1. The second-order valence-electron chi connectivity index (χ2n) is 4.96. The summed E-state index contributed by atoms with van der Waals surface area (Å²) in [6.45, 7) is 1.97. The summed E-state index contributed by atoms with van der Waals surface area (Å²) in [6.07, 6.45) is 0. The zero-order chi connectivity index (χ0) is 17.0. The molecule has 2 rings (SSSR count). The number of hydrogen-bond acceptors (Lipinski definition) is 4. The van der Waals surface area contributed by atoms with Gasteiger partial charge < -0.3 is 14.2 Å². The molecule has 122 valence electrons. The lowest BCUT2D eigenvalue weighted by Gasteiger charge is -2.11. The maximum Gasteiger partial charge on any atom is 0.357 e. The van der Waals surface area contributed by atoms with Crippen molar-refractivity contribution >= 4 is 25.0 Å². The van der Waals surface area contributed by atoms with Gasteiger partial charge in [-0.3, -0.25) is 4.57 Å². The van der Waals surface area contributed by atoms with Gasteiger partial charge in [0.2, 0.25) is 0 Å². The summed E-state index contributed by atoms with van der Waals surface area (Å²) in [5.41, 5.74) is 3.47. The van der Waals surface area contributed by atoms with Crippen molar-refractivity contribution in [2.45, 2.75) is 6.92 Å². The van der Waals surface area contributed by atoms with Crippen LogP contribution in [0.2, 0.25) is 5.02 Å². The van der Waals surface area contributed by atoms with Gasteiger partial charge in [-0.15, -0.1) is 0 Å². The summed E-state index contributed by atoms with van der Waals surface area (Å²) in [5, 5.41) is 10.9. The second kappa shape index (κ2) is 7.33. The lowest BCUT2D eigenvalue weighted by atomic mass is 9.98. The van der Waals surface area contributed by atoms with E-state index in [0.29, 0.717) is 10.6 Å². The number of benzene rings is 2. The monoisotopic (exact) mass is 352 g/mol. The SMILES string of the molecule is COP(=O)(/C=C(\O)c1cccc(-c2ccc(Cl)cc2C)c1)OC. The van der Waals surface area contributed by atoms with Crippen molar-refractivity contribution in [1.82, 2.24) is 0 Å². The second-order valence-corrected chi connectivity index (χ2v) is 7.46. The normalized spacial score (nSPS) is 12.4. The van der Waals surface area contributed by atoms with Gasteiger partial charge in [0.15, 0.2) is 0 Å². The van der Waals surface area contributed by atoms with Crippen molar-refractivity contribution in [3.8, 4) is 11.1 Å². The predicted octanol–water partition coefficient (Wildman–Crippen LogP) is 5.66. The molecule has 0 atom stereocenters. The van der Waals surface area contributed by atoms with Crippen molar-refractivity contribution in [3.05, 3.63) is 64.4 Å². The van der Waals surface area contributed by atoms with Gasteiger partial charge >= 0.3 is 7.60 Å². The molecule has 0 heterocycles. The Morgan fingerprint density at radius 1 is 1.17 bits per heavy atom. The van der Waals surface area contributed by atoms with Crippen LogP contribution >= 0.6 is 19.2 Å². The quantitative estimate of drug-likeness (QED) is 0.557. The van der Waals surface area contributed by atoms with Crippen LogP contribution in [-0.2, 0) is 13.6 Å². The Hall–Kier alpha value is -1.58. The summed E-state index contributed by atoms with van der Waals surface area (Å²) in [7, 11) is -0.905. The summed E-state index contributed by atoms with van der Waals surface area (Å²) in [6, 6.07) is 12.9. The molecule has 0 aliphatic carbocycles. The fraction of sp³-hybridized carbons (Fsp3) is 0.176. The standard InChI is InChI=1S/C17H18ClO4P/c1-12-9-15(18)7-8-16(12)13-5-4-6-14(10-13)17(19)11-23(20,21-2)22-3/h4-11,19H,1-3H3/b17-11-. The van der Waals surface area contributed by atoms with Gasteiger partial charge in [0.25, 0.3) is 0 Å². The van der Waals surface area contributed by atoms with Gasteiger partial charge in [0, 0.05) is 24.8 Å². The molecule has 0 aromatic heterocycles. The van der Waals surface area contributed by atoms with Gasteiger partial charge in [0.05, 0.1) is 5.82 Å². The Morgan fingerprint density at radius 3 is 2.48 bits per heavy atom. The van der Waals surface area contributed by atoms with Gasteiger partial charge in [-0.25, -0.2) is 0 Å². The van der Waals surface area contributed by atoms with Crippen LogP contribution in [-0.4, -0.2) is 19.3 Å². The maximum atomic E-state index is 12.1. The number of hydrogen-bond donors (Lipinski definition) is 1. The lowest BCUT2D eigenvalue weighted by molar-refractivity contribution is 0.285. The molecule has 0 bridgehead atoms. The first-order valence-corrected chi connectivity index (χ1v) is 8.87. The molecule has 0 unspecified atom stereocenters. The van der Waals surface area contributed by atoms with Gasteiger partial charge in [-0.2, -0.15) is 0 Å². The molecule has 0 aliphatic rings. The Balaban J connectivity index is 2.44. The maximum absolute atomic E-state index is 12.1. The minimum atomic E-state index is -3.44. The Morgan fingerprint density at radius 2 is 1.87 bits per heavy atom. The summed E-state index contributed by atoms with van der Waals surface area (Å²) < 4.78 is 21.7. The molecule has 2 aromatic rings. The molecule has 0 saturated heterocycles. The molecule has 0 saturated carbocycles. The van der Waals surface area contributed by atoms with E-state index in [0.717, 1.165) is 22.5 Å². The van der Waals surface area contributed by atoms with Crippen LogP contribution in [0.3, 0.4) is 0 Å². The topological polar surface area (TPSA) is 55.8 Å². The number of halogens is 1. The van der Waals surface area contributed by atoms with Crippen molar-refractivity contribution in [2.24, 2.45) is 0 Å². The van der Waals surface area contributed by atoms with Crippen molar-refractivity contribution in [1.29, 1.82) is 0 Å². The minimum absolute atomic E-state index is 0.162. The molecule has 0 fully saturated rings. The zero-order valence-electron chi connectivity index (χ0n) is 13.1. The highest BCUT2D eigenvalue weighted by Gasteiger charge is 2.19. The average Bonchev–Trinajstić information content (AvgIpc) is 2.54. The van der Waals surface area contributed by atoms with Crippen LogP contribution in [0.4, 0.5) is 0 Å². The average molecular weight is 353 g/mol. The third-order valence-corrected chi connectivity index (χ3v) is 5.26. The Bertz CT molecular complexity index is 778. The molecular formula is C17H18ClO4P. The van der Waals surface area contributed by atoms with Crippen LogP contribution < -0.4 is 0 Å². The molecule has 1 N–H and O–H groups in total. The molecular weight excluding hydrogens is 335 g/mol. The fourth-order valence-electron chi connectivity index (χ4n) is 2.20. The van der Waals surface area contributed by atoms with E-state index in [2.05, 4.69) is 0 Å². The Labute approximate surface area is 140 Å². The third kappa shape index (κ3) is 4.24. The van der Waals surface area contributed by atoms with E-state index in [4.69, 9.17) is 20.6 Å². The highest BCUT2D eigenvalue weighted by atomic mass is 35.5. The van der Waals surface area contributed by atoms with Crippen LogP contribution in [0, 0.1) is 6.92 Å². The first-order valence-electron chi connectivity index (χ1n) is 6.88. The van der Waals surface area contributed by atoms with E-state index in [1.165, 1.54) is 14.2 Å². The first-order chi connectivity index (χ1) is 10.9. The molecule has 0 aliphatic heterocycles. The smallest absolute Gasteiger partial charge is 0.357 e. The summed E-state index contributed by atoms with van der Waals surface area (Å²) in [5.74, 6) is 0.936. The largest absolute Gasteiger partial charge is 0.507 e. The number of rotatable bonds is 5. The van der Waals surface area contributed by atoms with Crippen molar-refractivity contribution < 1.29 is 18.7 Å². The van der Waals surface area contributed by atoms with Gasteiger partial charge in [-0.1, -0.05) is 35.9 Å². The predicted molar refractivity (Wildman–Crippen MR) is 93.9 cm³/mol. The highest BCUT2D eigenvalue weighted by molar-refractivity contribution is 7.57. The molecule has 0 radical (unpaired) electrons. The highest BCUT2D eigenvalue weighted by Crippen LogP contribution is 2.49. The van der Waals surface area contributed by atoms with Crippen LogP contribution in [0.15, 0.2) is 48.3 Å². The van der Waals surface area contributed by atoms with Gasteiger partial charge in [-0.05, 0) is 41.8 Å². The molecule has 2 aromatic carbocycles. The number of aliphatic hydroxyl groups is 1. The molecule has 6 heteroatoms. The van der Waals surface area contributed by atoms with Crippen LogP contribution in [0.1, 0.15) is 11.1 Å². The molecule has 0 spiro atoms. The number of aliphatic hydroxyl groups excluding tert-OH is 1. The van der Waals surface area contributed by atoms with E-state index >= 15 is 0 Å². The lowest BCUT2D eigenvalue weighted by Crippen LogP contribution is -1.90. The van der Waals surface area contributed by atoms with E-state index in [1.54, 1.807) is 12.1 Å². The summed E-state index contributed by atoms with van der Waals surface area (Å²) >= 11 is 5.98. The molecule has 23 heavy (non-hydrogen) atoms. The zero-order valence-corrected chi connectivity index (χ0v) is 14.8. The van der Waals surface area contributed by atoms with E-state index < -0.39 is 7.60 Å². The van der Waals surface area contributed by atoms with Crippen molar-refractivity contribution in [2.75, 3.05) is 14.2 Å². The molecule has 4 nitrogen and oxygen atoms in total.